The lowest BCUT2D eigenvalue weighted by Gasteiger charge is -2.24. The van der Waals surface area contributed by atoms with E-state index < -0.39 is 0 Å². The Balaban J connectivity index is 2.32. The summed E-state index contributed by atoms with van der Waals surface area (Å²) in [5.41, 5.74) is 0. The fraction of sp³-hybridized carbons (Fsp3) is 1.00. The van der Waals surface area contributed by atoms with E-state index in [0.29, 0.717) is 18.7 Å². The van der Waals surface area contributed by atoms with Crippen LogP contribution in [0.15, 0.2) is 0 Å². The van der Waals surface area contributed by atoms with Crippen molar-refractivity contribution in [1.29, 1.82) is 0 Å². The molecule has 0 aromatic rings. The molecular weight excluding hydrogens is 214 g/mol. The summed E-state index contributed by atoms with van der Waals surface area (Å²) in [7, 11) is 1.73. The van der Waals surface area contributed by atoms with Gasteiger partial charge in [-0.15, -0.1) is 0 Å². The van der Waals surface area contributed by atoms with Crippen LogP contribution < -0.4 is 5.32 Å². The van der Waals surface area contributed by atoms with Gasteiger partial charge in [0.2, 0.25) is 0 Å². The lowest BCUT2D eigenvalue weighted by atomic mass is 9.97. The molecule has 3 unspecified atom stereocenters. The first-order valence-corrected chi connectivity index (χ1v) is 7.16. The number of hydrogen-bond donors (Lipinski definition) is 2. The molecule has 0 radical (unpaired) electrons. The molecule has 0 aromatic carbocycles. The normalized spacial score (nSPS) is 27.7. The Morgan fingerprint density at radius 3 is 2.76 bits per heavy atom. The van der Waals surface area contributed by atoms with Gasteiger partial charge in [-0.05, 0) is 31.6 Å². The minimum atomic E-state index is 0.241. The van der Waals surface area contributed by atoms with Gasteiger partial charge in [0, 0.05) is 25.8 Å². The second-order valence-electron chi connectivity index (χ2n) is 5.31. The number of nitrogens with one attached hydrogen (secondary N) is 1. The zero-order valence-corrected chi connectivity index (χ0v) is 11.5. The van der Waals surface area contributed by atoms with Crippen LogP contribution in [-0.2, 0) is 4.74 Å². The Morgan fingerprint density at radius 1 is 1.29 bits per heavy atom. The highest BCUT2D eigenvalue weighted by Crippen LogP contribution is 2.25. The SMILES string of the molecule is CCC1CCCC(NC(CCO)COC)CC1. The van der Waals surface area contributed by atoms with Gasteiger partial charge in [-0.25, -0.2) is 0 Å². The van der Waals surface area contributed by atoms with E-state index in [2.05, 4.69) is 12.2 Å². The highest BCUT2D eigenvalue weighted by molar-refractivity contribution is 4.78. The summed E-state index contributed by atoms with van der Waals surface area (Å²) < 4.78 is 5.20. The molecule has 1 fully saturated rings. The monoisotopic (exact) mass is 243 g/mol. The third-order valence-corrected chi connectivity index (χ3v) is 3.98. The Hall–Kier alpha value is -0.120. The zero-order chi connectivity index (χ0) is 12.5. The van der Waals surface area contributed by atoms with Gasteiger partial charge in [0.05, 0.1) is 6.61 Å². The molecule has 1 saturated carbocycles. The maximum Gasteiger partial charge on any atom is 0.0616 e. The van der Waals surface area contributed by atoms with E-state index >= 15 is 0 Å². The van der Waals surface area contributed by atoms with Crippen LogP contribution in [0.5, 0.6) is 0 Å². The molecule has 2 N–H and O–H groups in total. The van der Waals surface area contributed by atoms with E-state index in [-0.39, 0.29) is 6.61 Å². The smallest absolute Gasteiger partial charge is 0.0616 e. The predicted molar refractivity (Wildman–Crippen MR) is 71.2 cm³/mol. The number of hydrogen-bond acceptors (Lipinski definition) is 3. The Bertz CT molecular complexity index is 181. The summed E-state index contributed by atoms with van der Waals surface area (Å²) in [5, 5.41) is 12.7. The van der Waals surface area contributed by atoms with E-state index in [1.807, 2.05) is 0 Å². The number of aliphatic hydroxyl groups is 1. The molecule has 0 aromatic heterocycles. The van der Waals surface area contributed by atoms with E-state index in [1.54, 1.807) is 7.11 Å². The average Bonchev–Trinajstić information content (AvgIpc) is 2.55. The summed E-state index contributed by atoms with van der Waals surface area (Å²) in [6.45, 7) is 3.25. The molecule has 3 nitrogen and oxygen atoms in total. The van der Waals surface area contributed by atoms with Crippen LogP contribution in [-0.4, -0.2) is 37.5 Å². The third-order valence-electron chi connectivity index (χ3n) is 3.98. The fourth-order valence-corrected chi connectivity index (χ4v) is 2.86. The second kappa shape index (κ2) is 8.90. The van der Waals surface area contributed by atoms with E-state index in [0.717, 1.165) is 12.3 Å². The van der Waals surface area contributed by atoms with Gasteiger partial charge >= 0.3 is 0 Å². The summed E-state index contributed by atoms with van der Waals surface area (Å²) >= 11 is 0. The molecule has 0 aliphatic heterocycles. The van der Waals surface area contributed by atoms with Crippen molar-refractivity contribution in [3.05, 3.63) is 0 Å². The molecule has 1 rings (SSSR count). The van der Waals surface area contributed by atoms with Gasteiger partial charge in [0.25, 0.3) is 0 Å². The van der Waals surface area contributed by atoms with Gasteiger partial charge in [-0.3, -0.25) is 0 Å². The maximum absolute atomic E-state index is 9.03. The summed E-state index contributed by atoms with van der Waals surface area (Å²) in [4.78, 5) is 0. The Kier molecular flexibility index (Phi) is 7.82. The first-order chi connectivity index (χ1) is 8.30. The van der Waals surface area contributed by atoms with E-state index in [1.165, 1.54) is 38.5 Å². The summed E-state index contributed by atoms with van der Waals surface area (Å²) in [6.07, 6.45) is 8.77. The van der Waals surface area contributed by atoms with Crippen LogP contribution >= 0.6 is 0 Å². The summed E-state index contributed by atoms with van der Waals surface area (Å²) in [5.74, 6) is 0.931. The number of ether oxygens (including phenoxy) is 1. The topological polar surface area (TPSA) is 41.5 Å². The molecule has 0 heterocycles. The highest BCUT2D eigenvalue weighted by Gasteiger charge is 2.20. The van der Waals surface area contributed by atoms with Gasteiger partial charge in [0.15, 0.2) is 0 Å². The van der Waals surface area contributed by atoms with Crippen molar-refractivity contribution in [3.8, 4) is 0 Å². The lowest BCUT2D eigenvalue weighted by molar-refractivity contribution is 0.140. The second-order valence-corrected chi connectivity index (χ2v) is 5.31. The molecule has 1 aliphatic rings. The molecule has 0 spiro atoms. The lowest BCUT2D eigenvalue weighted by Crippen LogP contribution is -2.41. The van der Waals surface area contributed by atoms with Crippen LogP contribution in [0.3, 0.4) is 0 Å². The largest absolute Gasteiger partial charge is 0.396 e. The quantitative estimate of drug-likeness (QED) is 0.674. The first kappa shape index (κ1) is 14.9. The number of methoxy groups -OCH3 is 1. The molecule has 3 atom stereocenters. The summed E-state index contributed by atoms with van der Waals surface area (Å²) in [6, 6.07) is 0.937. The van der Waals surface area contributed by atoms with Gasteiger partial charge in [0.1, 0.15) is 0 Å². The van der Waals surface area contributed by atoms with Crippen LogP contribution in [0.4, 0.5) is 0 Å². The van der Waals surface area contributed by atoms with E-state index in [9.17, 15) is 0 Å². The van der Waals surface area contributed by atoms with Gasteiger partial charge in [-0.1, -0.05) is 26.2 Å². The molecule has 3 heteroatoms. The Labute approximate surface area is 106 Å². The van der Waals surface area contributed by atoms with Crippen LogP contribution in [0, 0.1) is 5.92 Å². The van der Waals surface area contributed by atoms with Crippen molar-refractivity contribution >= 4 is 0 Å². The minimum absolute atomic E-state index is 0.241. The van der Waals surface area contributed by atoms with Crippen molar-refractivity contribution in [3.63, 3.8) is 0 Å². The van der Waals surface area contributed by atoms with Crippen molar-refractivity contribution in [2.24, 2.45) is 5.92 Å². The van der Waals surface area contributed by atoms with Crippen LogP contribution in [0.1, 0.15) is 51.9 Å². The van der Waals surface area contributed by atoms with Crippen molar-refractivity contribution < 1.29 is 9.84 Å². The minimum Gasteiger partial charge on any atom is -0.396 e. The van der Waals surface area contributed by atoms with Gasteiger partial charge in [-0.2, -0.15) is 0 Å². The van der Waals surface area contributed by atoms with E-state index in [4.69, 9.17) is 9.84 Å². The number of aliphatic hydroxyl groups excluding tert-OH is 1. The predicted octanol–water partition coefficient (Wildman–Crippen LogP) is 2.33. The number of rotatable bonds is 7. The first-order valence-electron chi connectivity index (χ1n) is 7.16. The zero-order valence-electron chi connectivity index (χ0n) is 11.5. The molecule has 0 bridgehead atoms. The van der Waals surface area contributed by atoms with Crippen molar-refractivity contribution in [2.75, 3.05) is 20.3 Å². The van der Waals surface area contributed by atoms with Crippen molar-refractivity contribution in [2.45, 2.75) is 64.0 Å². The van der Waals surface area contributed by atoms with Gasteiger partial charge < -0.3 is 15.2 Å². The average molecular weight is 243 g/mol. The van der Waals surface area contributed by atoms with Crippen LogP contribution in [0.25, 0.3) is 0 Å². The molecule has 17 heavy (non-hydrogen) atoms. The molecule has 1 aliphatic carbocycles. The third kappa shape index (κ3) is 5.84. The van der Waals surface area contributed by atoms with Crippen molar-refractivity contribution in [1.82, 2.24) is 5.32 Å². The maximum atomic E-state index is 9.03. The Morgan fingerprint density at radius 2 is 2.12 bits per heavy atom. The molecule has 0 amide bonds. The standard InChI is InChI=1S/C14H29NO2/c1-3-12-5-4-6-13(8-7-12)15-14(9-10-16)11-17-2/h12-16H,3-11H2,1-2H3. The molecule has 102 valence electrons. The molecular formula is C14H29NO2. The fourth-order valence-electron chi connectivity index (χ4n) is 2.86. The van der Waals surface area contributed by atoms with Crippen LogP contribution in [0.2, 0.25) is 0 Å². The molecule has 0 saturated heterocycles. The highest BCUT2D eigenvalue weighted by atomic mass is 16.5.